The van der Waals surface area contributed by atoms with Crippen molar-refractivity contribution in [2.75, 3.05) is 23.9 Å². The maximum absolute atomic E-state index is 11.5. The van der Waals surface area contributed by atoms with Crippen LogP contribution >= 0.6 is 11.6 Å². The van der Waals surface area contributed by atoms with Crippen LogP contribution in [0.4, 0.5) is 16.2 Å². The summed E-state index contributed by atoms with van der Waals surface area (Å²) in [5.74, 6) is 0.545. The van der Waals surface area contributed by atoms with Gasteiger partial charge in [0.05, 0.1) is 11.6 Å². The zero-order valence-electron chi connectivity index (χ0n) is 9.19. The van der Waals surface area contributed by atoms with Crippen molar-refractivity contribution in [2.45, 2.75) is 0 Å². The van der Waals surface area contributed by atoms with E-state index in [1.807, 2.05) is 24.3 Å². The summed E-state index contributed by atoms with van der Waals surface area (Å²) in [4.78, 5) is 17.3. The van der Waals surface area contributed by atoms with Crippen LogP contribution in [0.15, 0.2) is 29.3 Å². The normalized spacial score (nSPS) is 16.2. The third-order valence-electron chi connectivity index (χ3n) is 2.41. The molecule has 1 heterocycles. The fourth-order valence-corrected chi connectivity index (χ4v) is 1.70. The van der Waals surface area contributed by atoms with Gasteiger partial charge in [-0.1, -0.05) is 6.07 Å². The van der Waals surface area contributed by atoms with Crippen LogP contribution < -0.4 is 16.0 Å². The number of carbonyl (C=O) groups is 1. The molecule has 3 N–H and O–H groups in total. The topological polar surface area (TPSA) is 70.7 Å². The van der Waals surface area contributed by atoms with Crippen molar-refractivity contribution < 1.29 is 4.79 Å². The summed E-state index contributed by atoms with van der Waals surface area (Å²) in [6.07, 6.45) is 0. The number of alkyl halides is 1. The van der Waals surface area contributed by atoms with Crippen LogP contribution in [0.1, 0.15) is 0 Å². The lowest BCUT2D eigenvalue weighted by Gasteiger charge is -2.14. The van der Waals surface area contributed by atoms with E-state index >= 15 is 0 Å². The summed E-state index contributed by atoms with van der Waals surface area (Å²) in [7, 11) is 0. The standard InChI is InChI=1S/C11H13ClN4O/c12-7-10(13)15-8-2-1-3-9(6-8)16-5-4-14-11(16)17/h1-3,6H,4-5,7H2,(H2,13,15)(H,14,17). The van der Waals surface area contributed by atoms with Crippen LogP contribution in [-0.4, -0.2) is 30.8 Å². The second-order valence-corrected chi connectivity index (χ2v) is 3.91. The molecule has 0 radical (unpaired) electrons. The van der Waals surface area contributed by atoms with Gasteiger partial charge >= 0.3 is 6.03 Å². The lowest BCUT2D eigenvalue weighted by Crippen LogP contribution is -2.27. The van der Waals surface area contributed by atoms with Crippen LogP contribution in [0.2, 0.25) is 0 Å². The Morgan fingerprint density at radius 3 is 3.06 bits per heavy atom. The Labute approximate surface area is 104 Å². The molecule has 1 aromatic rings. The number of anilines is 1. The molecule has 6 heteroatoms. The van der Waals surface area contributed by atoms with E-state index in [2.05, 4.69) is 10.3 Å². The van der Waals surface area contributed by atoms with E-state index in [4.69, 9.17) is 17.3 Å². The van der Waals surface area contributed by atoms with E-state index in [1.54, 1.807) is 4.90 Å². The molecule has 1 aliphatic rings. The number of amidine groups is 1. The van der Waals surface area contributed by atoms with Crippen molar-refractivity contribution in [1.29, 1.82) is 0 Å². The number of aliphatic imine (C=N–C) groups is 1. The van der Waals surface area contributed by atoms with Crippen LogP contribution in [0.5, 0.6) is 0 Å². The Kier molecular flexibility index (Phi) is 3.49. The number of benzene rings is 1. The lowest BCUT2D eigenvalue weighted by atomic mass is 10.2. The molecule has 2 rings (SSSR count). The fourth-order valence-electron chi connectivity index (χ4n) is 1.64. The van der Waals surface area contributed by atoms with E-state index in [0.29, 0.717) is 24.6 Å². The maximum Gasteiger partial charge on any atom is 0.321 e. The highest BCUT2D eigenvalue weighted by atomic mass is 35.5. The molecule has 17 heavy (non-hydrogen) atoms. The van der Waals surface area contributed by atoms with Crippen molar-refractivity contribution in [3.63, 3.8) is 0 Å². The number of hydrogen-bond acceptors (Lipinski definition) is 2. The first-order valence-electron chi connectivity index (χ1n) is 5.25. The van der Waals surface area contributed by atoms with Gasteiger partial charge in [-0.25, -0.2) is 9.79 Å². The average Bonchev–Trinajstić information content (AvgIpc) is 2.75. The van der Waals surface area contributed by atoms with Crippen molar-refractivity contribution in [3.05, 3.63) is 24.3 Å². The Bertz CT molecular complexity index is 461. The first-order valence-corrected chi connectivity index (χ1v) is 5.78. The van der Waals surface area contributed by atoms with Gasteiger partial charge in [-0.15, -0.1) is 11.6 Å². The number of carbonyl (C=O) groups excluding carboxylic acids is 1. The van der Waals surface area contributed by atoms with E-state index < -0.39 is 0 Å². The number of nitrogens with one attached hydrogen (secondary N) is 1. The Hall–Kier alpha value is -1.75. The van der Waals surface area contributed by atoms with Gasteiger partial charge in [-0.3, -0.25) is 4.90 Å². The number of amides is 2. The summed E-state index contributed by atoms with van der Waals surface area (Å²) < 4.78 is 0. The molecule has 1 aromatic carbocycles. The van der Waals surface area contributed by atoms with Crippen LogP contribution in [0.3, 0.4) is 0 Å². The Morgan fingerprint density at radius 1 is 1.59 bits per heavy atom. The minimum atomic E-state index is -0.0866. The highest BCUT2D eigenvalue weighted by Gasteiger charge is 2.20. The summed E-state index contributed by atoms with van der Waals surface area (Å²) >= 11 is 5.56. The third kappa shape index (κ3) is 2.68. The highest BCUT2D eigenvalue weighted by Crippen LogP contribution is 2.22. The predicted octanol–water partition coefficient (Wildman–Crippen LogP) is 1.44. The molecule has 1 saturated heterocycles. The van der Waals surface area contributed by atoms with Gasteiger partial charge < -0.3 is 11.1 Å². The molecule has 5 nitrogen and oxygen atoms in total. The summed E-state index contributed by atoms with van der Waals surface area (Å²) in [6, 6.07) is 7.24. The van der Waals surface area contributed by atoms with Crippen molar-refractivity contribution >= 4 is 34.8 Å². The fraction of sp³-hybridized carbons (Fsp3) is 0.273. The first kappa shape index (κ1) is 11.7. The van der Waals surface area contributed by atoms with Crippen LogP contribution in [0.25, 0.3) is 0 Å². The zero-order chi connectivity index (χ0) is 12.3. The highest BCUT2D eigenvalue weighted by molar-refractivity contribution is 6.28. The monoisotopic (exact) mass is 252 g/mol. The molecule has 90 valence electrons. The van der Waals surface area contributed by atoms with E-state index in [0.717, 1.165) is 5.69 Å². The minimum absolute atomic E-state index is 0.0866. The van der Waals surface area contributed by atoms with Gasteiger partial charge in [0.25, 0.3) is 0 Å². The van der Waals surface area contributed by atoms with Gasteiger partial charge in [0.1, 0.15) is 5.84 Å². The largest absolute Gasteiger partial charge is 0.386 e. The molecule has 1 aliphatic heterocycles. The molecule has 2 amide bonds. The molecular formula is C11H13ClN4O. The van der Waals surface area contributed by atoms with Gasteiger partial charge in [0, 0.05) is 18.8 Å². The van der Waals surface area contributed by atoms with E-state index in [-0.39, 0.29) is 11.9 Å². The molecule has 0 aliphatic carbocycles. The molecule has 0 bridgehead atoms. The quantitative estimate of drug-likeness (QED) is 0.486. The molecule has 1 fully saturated rings. The number of halogens is 1. The van der Waals surface area contributed by atoms with Gasteiger partial charge in [0.2, 0.25) is 0 Å². The van der Waals surface area contributed by atoms with Crippen molar-refractivity contribution in [1.82, 2.24) is 5.32 Å². The number of nitrogens with zero attached hydrogens (tertiary/aromatic N) is 2. The number of rotatable bonds is 3. The van der Waals surface area contributed by atoms with E-state index in [9.17, 15) is 4.79 Å². The average molecular weight is 253 g/mol. The second kappa shape index (κ2) is 5.05. The SMILES string of the molecule is NC(CCl)=Nc1cccc(N2CCNC2=O)c1. The third-order valence-corrected chi connectivity index (χ3v) is 2.68. The minimum Gasteiger partial charge on any atom is -0.386 e. The summed E-state index contributed by atoms with van der Waals surface area (Å²) in [5, 5.41) is 2.74. The molecule has 0 aromatic heterocycles. The number of hydrogen-bond donors (Lipinski definition) is 2. The first-order chi connectivity index (χ1) is 8.20. The van der Waals surface area contributed by atoms with Gasteiger partial charge in [-0.2, -0.15) is 0 Å². The summed E-state index contributed by atoms with van der Waals surface area (Å²) in [6.45, 7) is 1.33. The Morgan fingerprint density at radius 2 is 2.41 bits per heavy atom. The molecular weight excluding hydrogens is 240 g/mol. The Balaban J connectivity index is 2.25. The predicted molar refractivity (Wildman–Crippen MR) is 69.2 cm³/mol. The van der Waals surface area contributed by atoms with Crippen molar-refractivity contribution in [3.8, 4) is 0 Å². The maximum atomic E-state index is 11.5. The smallest absolute Gasteiger partial charge is 0.321 e. The molecule has 0 unspecified atom stereocenters. The van der Waals surface area contributed by atoms with E-state index in [1.165, 1.54) is 0 Å². The molecule has 0 atom stereocenters. The second-order valence-electron chi connectivity index (χ2n) is 3.64. The number of nitrogens with two attached hydrogens (primary N) is 1. The van der Waals surface area contributed by atoms with Gasteiger partial charge in [-0.05, 0) is 18.2 Å². The van der Waals surface area contributed by atoms with Crippen molar-refractivity contribution in [2.24, 2.45) is 10.7 Å². The zero-order valence-corrected chi connectivity index (χ0v) is 9.94. The molecule has 0 spiro atoms. The van der Waals surface area contributed by atoms with Gasteiger partial charge in [0.15, 0.2) is 0 Å². The van der Waals surface area contributed by atoms with Crippen LogP contribution in [0, 0.1) is 0 Å². The van der Waals surface area contributed by atoms with Crippen LogP contribution in [-0.2, 0) is 0 Å². The number of urea groups is 1. The lowest BCUT2D eigenvalue weighted by molar-refractivity contribution is 0.252. The molecule has 0 saturated carbocycles. The summed E-state index contributed by atoms with van der Waals surface area (Å²) in [5.41, 5.74) is 7.06.